The molecular formula is C16H24N2O. The maximum absolute atomic E-state index is 5.32. The van der Waals surface area contributed by atoms with E-state index in [4.69, 9.17) is 4.74 Å². The van der Waals surface area contributed by atoms with E-state index >= 15 is 0 Å². The van der Waals surface area contributed by atoms with E-state index in [0.29, 0.717) is 0 Å². The second-order valence-corrected chi connectivity index (χ2v) is 5.84. The van der Waals surface area contributed by atoms with Gasteiger partial charge in [-0.05, 0) is 49.0 Å². The lowest BCUT2D eigenvalue weighted by atomic mass is 9.93. The summed E-state index contributed by atoms with van der Waals surface area (Å²) in [6.07, 6.45) is 1.26. The van der Waals surface area contributed by atoms with E-state index in [1.54, 1.807) is 7.11 Å². The molecule has 0 saturated carbocycles. The van der Waals surface area contributed by atoms with E-state index in [9.17, 15) is 0 Å². The third-order valence-electron chi connectivity index (χ3n) is 4.76. The van der Waals surface area contributed by atoms with Crippen LogP contribution in [0.1, 0.15) is 18.9 Å². The van der Waals surface area contributed by atoms with Crippen molar-refractivity contribution in [1.82, 2.24) is 10.2 Å². The topological polar surface area (TPSA) is 24.5 Å². The van der Waals surface area contributed by atoms with Gasteiger partial charge in [0.25, 0.3) is 0 Å². The first-order valence-corrected chi connectivity index (χ1v) is 7.39. The average Bonchev–Trinajstić information content (AvgIpc) is 2.99. The van der Waals surface area contributed by atoms with Crippen molar-refractivity contribution in [3.05, 3.63) is 29.8 Å². The first-order chi connectivity index (χ1) is 9.31. The van der Waals surface area contributed by atoms with Gasteiger partial charge >= 0.3 is 0 Å². The summed E-state index contributed by atoms with van der Waals surface area (Å²) in [5, 5.41) is 3.54. The van der Waals surface area contributed by atoms with E-state index < -0.39 is 0 Å². The molecule has 3 atom stereocenters. The number of nitrogens with zero attached hydrogens (tertiary/aromatic N) is 1. The van der Waals surface area contributed by atoms with Crippen molar-refractivity contribution < 1.29 is 4.74 Å². The maximum Gasteiger partial charge on any atom is 0.119 e. The van der Waals surface area contributed by atoms with Crippen LogP contribution in [-0.4, -0.2) is 37.7 Å². The largest absolute Gasteiger partial charge is 0.497 e. The van der Waals surface area contributed by atoms with Crippen molar-refractivity contribution in [1.29, 1.82) is 0 Å². The van der Waals surface area contributed by atoms with Gasteiger partial charge < -0.3 is 10.1 Å². The lowest BCUT2D eigenvalue weighted by Crippen LogP contribution is -2.34. The predicted octanol–water partition coefficient (Wildman–Crippen LogP) is 2.12. The minimum atomic E-state index is 0.742. The molecule has 19 heavy (non-hydrogen) atoms. The molecule has 0 aromatic heterocycles. The highest BCUT2D eigenvalue weighted by Crippen LogP contribution is 2.35. The van der Waals surface area contributed by atoms with Gasteiger partial charge in [0, 0.05) is 19.1 Å². The zero-order valence-corrected chi connectivity index (χ0v) is 11.9. The van der Waals surface area contributed by atoms with Crippen molar-refractivity contribution in [2.45, 2.75) is 25.9 Å². The van der Waals surface area contributed by atoms with Crippen molar-refractivity contribution in [2.75, 3.05) is 26.7 Å². The number of benzene rings is 1. The van der Waals surface area contributed by atoms with Crippen LogP contribution in [0.2, 0.25) is 0 Å². The summed E-state index contributed by atoms with van der Waals surface area (Å²) in [6, 6.07) is 9.23. The summed E-state index contributed by atoms with van der Waals surface area (Å²) < 4.78 is 5.32. The molecule has 3 rings (SSSR count). The van der Waals surface area contributed by atoms with Gasteiger partial charge in [0.05, 0.1) is 7.11 Å². The predicted molar refractivity (Wildman–Crippen MR) is 77.3 cm³/mol. The summed E-state index contributed by atoms with van der Waals surface area (Å²) >= 11 is 0. The van der Waals surface area contributed by atoms with Crippen molar-refractivity contribution >= 4 is 0 Å². The molecular weight excluding hydrogens is 236 g/mol. The number of nitrogens with one attached hydrogen (secondary N) is 1. The number of hydrogen-bond acceptors (Lipinski definition) is 3. The summed E-state index contributed by atoms with van der Waals surface area (Å²) in [5.74, 6) is 2.68. The van der Waals surface area contributed by atoms with Crippen LogP contribution >= 0.6 is 0 Å². The Kier molecular flexibility index (Phi) is 3.76. The van der Waals surface area contributed by atoms with Crippen LogP contribution < -0.4 is 10.1 Å². The summed E-state index contributed by atoms with van der Waals surface area (Å²) in [4.78, 5) is 2.67. The Bertz CT molecular complexity index is 435. The van der Waals surface area contributed by atoms with Crippen LogP contribution in [0.25, 0.3) is 0 Å². The molecule has 0 aliphatic carbocycles. The third kappa shape index (κ3) is 2.49. The lowest BCUT2D eigenvalue weighted by Gasteiger charge is -2.26. The van der Waals surface area contributed by atoms with Gasteiger partial charge in [-0.1, -0.05) is 19.1 Å². The van der Waals surface area contributed by atoms with Crippen LogP contribution in [0.4, 0.5) is 0 Å². The minimum Gasteiger partial charge on any atom is -0.497 e. The highest BCUT2D eigenvalue weighted by Gasteiger charge is 2.42. The first-order valence-electron chi connectivity index (χ1n) is 7.39. The molecule has 2 heterocycles. The number of methoxy groups -OCH3 is 1. The van der Waals surface area contributed by atoms with Crippen LogP contribution in [0.5, 0.6) is 5.75 Å². The van der Waals surface area contributed by atoms with Crippen LogP contribution in [0.15, 0.2) is 24.3 Å². The van der Waals surface area contributed by atoms with Crippen molar-refractivity contribution in [3.63, 3.8) is 0 Å². The summed E-state index contributed by atoms with van der Waals surface area (Å²) in [7, 11) is 1.74. The van der Waals surface area contributed by atoms with Gasteiger partial charge in [0.15, 0.2) is 0 Å². The number of rotatable bonds is 4. The number of fused-ring (bicyclic) bond motifs is 1. The fourth-order valence-electron chi connectivity index (χ4n) is 3.86. The smallest absolute Gasteiger partial charge is 0.119 e. The third-order valence-corrected chi connectivity index (χ3v) is 4.76. The molecule has 2 aliphatic heterocycles. The molecule has 2 saturated heterocycles. The monoisotopic (exact) mass is 260 g/mol. The van der Waals surface area contributed by atoms with Gasteiger partial charge in [-0.25, -0.2) is 0 Å². The highest BCUT2D eigenvalue weighted by atomic mass is 16.5. The number of likely N-dealkylation sites (tertiary alicyclic amines) is 1. The molecule has 3 heteroatoms. The van der Waals surface area contributed by atoms with E-state index in [2.05, 4.69) is 35.3 Å². The highest BCUT2D eigenvalue weighted by molar-refractivity contribution is 5.28. The molecule has 0 spiro atoms. The molecule has 104 valence electrons. The normalized spacial score (nSPS) is 30.5. The number of ether oxygens (including phenoxy) is 1. The van der Waals surface area contributed by atoms with Crippen molar-refractivity contribution in [3.8, 4) is 5.75 Å². The second kappa shape index (κ2) is 5.51. The average molecular weight is 260 g/mol. The van der Waals surface area contributed by atoms with E-state index in [-0.39, 0.29) is 0 Å². The van der Waals surface area contributed by atoms with Gasteiger partial charge in [0.1, 0.15) is 5.75 Å². The Morgan fingerprint density at radius 2 is 2.26 bits per heavy atom. The zero-order valence-electron chi connectivity index (χ0n) is 11.9. The van der Waals surface area contributed by atoms with E-state index in [1.807, 2.05) is 6.07 Å². The lowest BCUT2D eigenvalue weighted by molar-refractivity contribution is 0.210. The van der Waals surface area contributed by atoms with Gasteiger partial charge in [-0.2, -0.15) is 0 Å². The zero-order chi connectivity index (χ0) is 13.2. The molecule has 1 N–H and O–H groups in total. The molecule has 0 radical (unpaired) electrons. The summed E-state index contributed by atoms with van der Waals surface area (Å²) in [6.45, 7) is 7.04. The van der Waals surface area contributed by atoms with Gasteiger partial charge in [-0.3, -0.25) is 4.90 Å². The van der Waals surface area contributed by atoms with E-state index in [0.717, 1.165) is 30.2 Å². The van der Waals surface area contributed by atoms with Crippen LogP contribution in [0, 0.1) is 11.8 Å². The Labute approximate surface area is 115 Å². The molecule has 1 aromatic rings. The molecule has 3 unspecified atom stereocenters. The van der Waals surface area contributed by atoms with Crippen LogP contribution in [0.3, 0.4) is 0 Å². The fourth-order valence-corrected chi connectivity index (χ4v) is 3.86. The Morgan fingerprint density at radius 1 is 1.37 bits per heavy atom. The summed E-state index contributed by atoms with van der Waals surface area (Å²) in [5.41, 5.74) is 1.37. The molecule has 0 bridgehead atoms. The second-order valence-electron chi connectivity index (χ2n) is 5.84. The molecule has 0 amide bonds. The van der Waals surface area contributed by atoms with Crippen LogP contribution in [-0.2, 0) is 6.54 Å². The standard InChI is InChI=1S/C16H24N2O/c1-3-16-15-9-17-8-13(15)11-18(16)10-12-5-4-6-14(7-12)19-2/h4-7,13,15-17H,3,8-11H2,1-2H3. The Hall–Kier alpha value is -1.06. The van der Waals surface area contributed by atoms with E-state index in [1.165, 1.54) is 31.6 Å². The van der Waals surface area contributed by atoms with Gasteiger partial charge in [-0.15, -0.1) is 0 Å². The molecule has 2 fully saturated rings. The minimum absolute atomic E-state index is 0.742. The maximum atomic E-state index is 5.32. The number of hydrogen-bond donors (Lipinski definition) is 1. The van der Waals surface area contributed by atoms with Crippen molar-refractivity contribution in [2.24, 2.45) is 11.8 Å². The fraction of sp³-hybridized carbons (Fsp3) is 0.625. The van der Waals surface area contributed by atoms with Gasteiger partial charge in [0.2, 0.25) is 0 Å². The molecule has 3 nitrogen and oxygen atoms in total. The molecule has 2 aliphatic rings. The Morgan fingerprint density at radius 3 is 3.05 bits per heavy atom. The molecule has 1 aromatic carbocycles. The SMILES string of the molecule is CCC1C2CNCC2CN1Cc1cccc(OC)c1. The quantitative estimate of drug-likeness (QED) is 0.897. The Balaban J connectivity index is 1.72. The first kappa shape index (κ1) is 12.9.